The van der Waals surface area contributed by atoms with Crippen LogP contribution in [0, 0.1) is 5.82 Å². The Morgan fingerprint density at radius 1 is 1.14 bits per heavy atom. The van der Waals surface area contributed by atoms with Gasteiger partial charge in [0.05, 0.1) is 5.02 Å². The van der Waals surface area contributed by atoms with Crippen LogP contribution in [-0.2, 0) is 12.8 Å². The SMILES string of the molecule is CN(C)C1Cc2ccc(Nc3ncc4c(=O)n(-c5c(F)cccc5Cl)c5nccn5c4n3)cc2C1. The molecular formula is C25H21ClFN7O. The molecule has 1 N–H and O–H groups in total. The highest BCUT2D eigenvalue weighted by Gasteiger charge is 2.23. The Balaban J connectivity index is 1.44. The number of imidazole rings is 1. The fourth-order valence-corrected chi connectivity index (χ4v) is 4.92. The number of nitrogens with zero attached hydrogens (tertiary/aromatic N) is 6. The highest BCUT2D eigenvalue weighted by Crippen LogP contribution is 2.29. The van der Waals surface area contributed by atoms with E-state index < -0.39 is 11.4 Å². The second-order valence-electron chi connectivity index (χ2n) is 8.87. The summed E-state index contributed by atoms with van der Waals surface area (Å²) in [7, 11) is 4.20. The van der Waals surface area contributed by atoms with Gasteiger partial charge in [-0.15, -0.1) is 0 Å². The van der Waals surface area contributed by atoms with E-state index in [9.17, 15) is 9.18 Å². The van der Waals surface area contributed by atoms with Crippen molar-refractivity contribution in [1.29, 1.82) is 0 Å². The summed E-state index contributed by atoms with van der Waals surface area (Å²) in [5.41, 5.74) is 3.31. The molecule has 0 spiro atoms. The maximum absolute atomic E-state index is 14.7. The number of aromatic nitrogens is 5. The van der Waals surface area contributed by atoms with E-state index in [1.807, 2.05) is 6.07 Å². The van der Waals surface area contributed by atoms with E-state index in [1.54, 1.807) is 10.6 Å². The molecule has 0 bridgehead atoms. The lowest BCUT2D eigenvalue weighted by Gasteiger charge is -2.17. The van der Waals surface area contributed by atoms with E-state index in [4.69, 9.17) is 11.6 Å². The van der Waals surface area contributed by atoms with E-state index in [0.717, 1.165) is 23.1 Å². The molecule has 1 atom stereocenters. The summed E-state index contributed by atoms with van der Waals surface area (Å²) in [6.45, 7) is 0. The molecule has 0 radical (unpaired) electrons. The molecule has 3 aromatic heterocycles. The van der Waals surface area contributed by atoms with E-state index >= 15 is 0 Å². The van der Waals surface area contributed by atoms with Crippen LogP contribution in [0.25, 0.3) is 22.5 Å². The number of hydrogen-bond acceptors (Lipinski definition) is 6. The number of fused-ring (bicyclic) bond motifs is 4. The van der Waals surface area contributed by atoms with Crippen LogP contribution in [-0.4, -0.2) is 49.0 Å². The minimum absolute atomic E-state index is 0.0614. The highest BCUT2D eigenvalue weighted by atomic mass is 35.5. The summed E-state index contributed by atoms with van der Waals surface area (Å²) in [5.74, 6) is -0.0849. The summed E-state index contributed by atoms with van der Waals surface area (Å²) >= 11 is 6.26. The van der Waals surface area contributed by atoms with E-state index in [1.165, 1.54) is 41.7 Å². The molecule has 3 heterocycles. The van der Waals surface area contributed by atoms with Crippen molar-refractivity contribution in [3.8, 4) is 5.69 Å². The monoisotopic (exact) mass is 489 g/mol. The maximum Gasteiger partial charge on any atom is 0.270 e. The zero-order valence-electron chi connectivity index (χ0n) is 19.0. The van der Waals surface area contributed by atoms with Crippen LogP contribution in [0.15, 0.2) is 59.8 Å². The molecule has 0 saturated heterocycles. The summed E-state index contributed by atoms with van der Waals surface area (Å²) < 4.78 is 17.5. The molecular weight excluding hydrogens is 469 g/mol. The van der Waals surface area contributed by atoms with Crippen LogP contribution in [0.2, 0.25) is 5.02 Å². The molecule has 10 heteroatoms. The number of likely N-dealkylation sites (N-methyl/N-ethyl adjacent to an activating group) is 1. The molecule has 0 saturated carbocycles. The van der Waals surface area contributed by atoms with E-state index in [-0.39, 0.29) is 21.9 Å². The van der Waals surface area contributed by atoms with Crippen LogP contribution >= 0.6 is 11.6 Å². The fraction of sp³-hybridized carbons (Fsp3) is 0.200. The number of hydrogen-bond donors (Lipinski definition) is 1. The van der Waals surface area contributed by atoms with Crippen molar-refractivity contribution in [2.24, 2.45) is 0 Å². The summed E-state index contributed by atoms with van der Waals surface area (Å²) in [6, 6.07) is 11.0. The largest absolute Gasteiger partial charge is 0.324 e. The molecule has 0 aliphatic heterocycles. The molecule has 176 valence electrons. The lowest BCUT2D eigenvalue weighted by Crippen LogP contribution is -2.27. The van der Waals surface area contributed by atoms with Gasteiger partial charge in [0, 0.05) is 30.3 Å². The standard InChI is InChI=1S/C25H21ClFN7O/c1-32(2)17-11-14-6-7-16(10-15(14)12-17)30-24-29-13-18-22(31-24)33-9-8-28-25(33)34(23(18)35)21-19(26)4-3-5-20(21)27/h3-10,13,17H,11-12H2,1-2H3,(H,29,30,31). The maximum atomic E-state index is 14.7. The third-order valence-corrected chi connectivity index (χ3v) is 6.82. The number of rotatable bonds is 4. The van der Waals surface area contributed by atoms with Crippen molar-refractivity contribution in [3.05, 3.63) is 87.3 Å². The van der Waals surface area contributed by atoms with Crippen LogP contribution in [0.1, 0.15) is 11.1 Å². The Morgan fingerprint density at radius 2 is 1.97 bits per heavy atom. The molecule has 8 nitrogen and oxygen atoms in total. The summed E-state index contributed by atoms with van der Waals surface area (Å²) in [4.78, 5) is 28.9. The summed E-state index contributed by atoms with van der Waals surface area (Å²) in [5, 5.41) is 3.56. The smallest absolute Gasteiger partial charge is 0.270 e. The van der Waals surface area contributed by atoms with E-state index in [0.29, 0.717) is 17.6 Å². The molecule has 1 aliphatic rings. The first-order valence-electron chi connectivity index (χ1n) is 11.1. The van der Waals surface area contributed by atoms with Gasteiger partial charge >= 0.3 is 0 Å². The number of para-hydroxylation sites is 1. The molecule has 35 heavy (non-hydrogen) atoms. The zero-order chi connectivity index (χ0) is 24.3. The first-order chi connectivity index (χ1) is 16.9. The van der Waals surface area contributed by atoms with Crippen molar-refractivity contribution in [2.75, 3.05) is 19.4 Å². The number of anilines is 2. The van der Waals surface area contributed by atoms with Crippen molar-refractivity contribution in [1.82, 2.24) is 28.8 Å². The van der Waals surface area contributed by atoms with Crippen molar-refractivity contribution in [3.63, 3.8) is 0 Å². The molecule has 1 unspecified atom stereocenters. The topological polar surface area (TPSA) is 80.4 Å². The van der Waals surface area contributed by atoms with Gasteiger partial charge in [-0.3, -0.25) is 9.20 Å². The minimum Gasteiger partial charge on any atom is -0.324 e. The highest BCUT2D eigenvalue weighted by molar-refractivity contribution is 6.32. The third kappa shape index (κ3) is 3.55. The zero-order valence-corrected chi connectivity index (χ0v) is 19.8. The average Bonchev–Trinajstić information content (AvgIpc) is 3.48. The Morgan fingerprint density at radius 3 is 2.77 bits per heavy atom. The number of halogens is 2. The molecule has 5 aromatic rings. The van der Waals surface area contributed by atoms with Gasteiger partial charge in [-0.1, -0.05) is 23.7 Å². The molecule has 6 rings (SSSR count). The van der Waals surface area contributed by atoms with Gasteiger partial charge < -0.3 is 10.2 Å². The van der Waals surface area contributed by atoms with Gasteiger partial charge in [0.25, 0.3) is 5.56 Å². The predicted molar refractivity (Wildman–Crippen MR) is 133 cm³/mol. The number of benzene rings is 2. The lowest BCUT2D eigenvalue weighted by atomic mass is 10.1. The van der Waals surface area contributed by atoms with Crippen LogP contribution in [0.4, 0.5) is 16.0 Å². The van der Waals surface area contributed by atoms with Crippen LogP contribution < -0.4 is 10.9 Å². The van der Waals surface area contributed by atoms with Crippen molar-refractivity contribution >= 4 is 40.0 Å². The number of nitrogens with one attached hydrogen (secondary N) is 1. The van der Waals surface area contributed by atoms with Crippen LogP contribution in [0.3, 0.4) is 0 Å². The van der Waals surface area contributed by atoms with Crippen molar-refractivity contribution < 1.29 is 4.39 Å². The van der Waals surface area contributed by atoms with Gasteiger partial charge in [0.2, 0.25) is 11.7 Å². The first-order valence-corrected chi connectivity index (χ1v) is 11.5. The van der Waals surface area contributed by atoms with E-state index in [2.05, 4.69) is 51.4 Å². The lowest BCUT2D eigenvalue weighted by molar-refractivity contribution is 0.303. The summed E-state index contributed by atoms with van der Waals surface area (Å²) in [6.07, 6.45) is 6.65. The fourth-order valence-electron chi connectivity index (χ4n) is 4.68. The van der Waals surface area contributed by atoms with Gasteiger partial charge in [0.15, 0.2) is 5.65 Å². The minimum atomic E-state index is -0.629. The average molecular weight is 490 g/mol. The van der Waals surface area contributed by atoms with Crippen LogP contribution in [0.5, 0.6) is 0 Å². The second-order valence-corrected chi connectivity index (χ2v) is 9.28. The Hall–Kier alpha value is -3.82. The molecule has 1 aliphatic carbocycles. The van der Waals surface area contributed by atoms with Gasteiger partial charge in [-0.2, -0.15) is 4.98 Å². The Kier molecular flexibility index (Phi) is 5.05. The quantitative estimate of drug-likeness (QED) is 0.411. The Bertz CT molecular complexity index is 1660. The molecule has 0 amide bonds. The predicted octanol–water partition coefficient (Wildman–Crippen LogP) is 3.99. The second kappa shape index (κ2) is 8.14. The van der Waals surface area contributed by atoms with Gasteiger partial charge in [0.1, 0.15) is 16.9 Å². The molecule has 2 aromatic carbocycles. The van der Waals surface area contributed by atoms with Gasteiger partial charge in [-0.25, -0.2) is 18.9 Å². The first kappa shape index (κ1) is 21.7. The van der Waals surface area contributed by atoms with Gasteiger partial charge in [-0.05, 0) is 62.3 Å². The van der Waals surface area contributed by atoms with Crippen molar-refractivity contribution in [2.45, 2.75) is 18.9 Å². The molecule has 0 fully saturated rings. The third-order valence-electron chi connectivity index (χ3n) is 6.52. The Labute approximate surface area is 204 Å². The normalized spacial score (nSPS) is 15.3.